The zero-order chi connectivity index (χ0) is 21.1. The third-order valence-electron chi connectivity index (χ3n) is 4.30. The predicted octanol–water partition coefficient (Wildman–Crippen LogP) is 3.16. The summed E-state index contributed by atoms with van der Waals surface area (Å²) in [6, 6.07) is 7.16. The topological polar surface area (TPSA) is 86.7 Å². The second-order valence-corrected chi connectivity index (χ2v) is 9.21. The monoisotopic (exact) mass is 420 g/mol. The van der Waals surface area contributed by atoms with E-state index >= 15 is 0 Å². The molecular weight excluding hydrogens is 396 g/mol. The van der Waals surface area contributed by atoms with Crippen molar-refractivity contribution in [3.05, 3.63) is 40.3 Å². The van der Waals surface area contributed by atoms with Crippen LogP contribution in [0.3, 0.4) is 0 Å². The number of nitrogens with one attached hydrogen (secondary N) is 1. The normalized spacial score (nSPS) is 17.1. The number of thiocarbonyl (C=S) groups is 1. The first kappa shape index (κ1) is 22.1. The Labute approximate surface area is 174 Å². The summed E-state index contributed by atoms with van der Waals surface area (Å²) < 4.78 is 0.309. The maximum absolute atomic E-state index is 12.7. The molecule has 0 aromatic heterocycles. The lowest BCUT2D eigenvalue weighted by Crippen LogP contribution is -2.47. The lowest BCUT2D eigenvalue weighted by molar-refractivity contribution is -0.137. The Morgan fingerprint density at radius 3 is 2.43 bits per heavy atom. The molecule has 8 heteroatoms. The van der Waals surface area contributed by atoms with Crippen LogP contribution in [0.4, 0.5) is 0 Å². The fourth-order valence-corrected chi connectivity index (χ4v) is 4.02. The molecule has 6 nitrogen and oxygen atoms in total. The fraction of sp³-hybridized carbons (Fsp3) is 0.400. The minimum absolute atomic E-state index is 0.00324. The number of amides is 2. The predicted molar refractivity (Wildman–Crippen MR) is 115 cm³/mol. The van der Waals surface area contributed by atoms with Crippen molar-refractivity contribution in [1.29, 1.82) is 0 Å². The molecule has 1 unspecified atom stereocenters. The molecule has 0 saturated carbocycles. The molecule has 0 bridgehead atoms. The zero-order valence-corrected chi connectivity index (χ0v) is 17.9. The van der Waals surface area contributed by atoms with Crippen LogP contribution in [0.5, 0.6) is 0 Å². The maximum atomic E-state index is 12.7. The second kappa shape index (κ2) is 8.87. The number of carbonyl (C=O) groups is 3. The number of nitrogens with zero attached hydrogens (tertiary/aromatic N) is 1. The van der Waals surface area contributed by atoms with Crippen molar-refractivity contribution in [3.8, 4) is 0 Å². The first-order valence-electron chi connectivity index (χ1n) is 8.88. The van der Waals surface area contributed by atoms with Crippen molar-refractivity contribution in [1.82, 2.24) is 10.2 Å². The van der Waals surface area contributed by atoms with Crippen LogP contribution in [-0.2, 0) is 19.8 Å². The molecule has 1 saturated heterocycles. The van der Waals surface area contributed by atoms with Gasteiger partial charge in [-0.1, -0.05) is 69.0 Å². The van der Waals surface area contributed by atoms with Crippen molar-refractivity contribution < 1.29 is 19.5 Å². The van der Waals surface area contributed by atoms with Gasteiger partial charge in [0.05, 0.1) is 11.3 Å². The van der Waals surface area contributed by atoms with Crippen LogP contribution < -0.4 is 5.32 Å². The number of rotatable bonds is 6. The van der Waals surface area contributed by atoms with Crippen LogP contribution in [-0.4, -0.2) is 44.7 Å². The largest absolute Gasteiger partial charge is 0.481 e. The highest BCUT2D eigenvalue weighted by Gasteiger charge is 2.38. The molecular formula is C20H24N2O4S2. The van der Waals surface area contributed by atoms with Crippen LogP contribution in [0.25, 0.3) is 6.08 Å². The first-order chi connectivity index (χ1) is 13.0. The van der Waals surface area contributed by atoms with Crippen LogP contribution >= 0.6 is 24.0 Å². The molecule has 1 aliphatic heterocycles. The van der Waals surface area contributed by atoms with Gasteiger partial charge in [-0.05, 0) is 29.5 Å². The second-order valence-electron chi connectivity index (χ2n) is 7.53. The Balaban J connectivity index is 2.11. The Bertz CT molecular complexity index is 826. The molecule has 150 valence electrons. The van der Waals surface area contributed by atoms with E-state index in [1.54, 1.807) is 13.0 Å². The molecule has 1 fully saturated rings. The summed E-state index contributed by atoms with van der Waals surface area (Å²) in [6.45, 7) is 7.98. The molecule has 1 aliphatic rings. The third-order valence-corrected chi connectivity index (χ3v) is 5.63. The highest BCUT2D eigenvalue weighted by Crippen LogP contribution is 2.34. The van der Waals surface area contributed by atoms with Gasteiger partial charge in [0.1, 0.15) is 10.4 Å². The van der Waals surface area contributed by atoms with E-state index in [-0.39, 0.29) is 24.3 Å². The van der Waals surface area contributed by atoms with E-state index in [9.17, 15) is 14.4 Å². The zero-order valence-electron chi connectivity index (χ0n) is 16.3. The van der Waals surface area contributed by atoms with Crippen molar-refractivity contribution in [2.45, 2.75) is 45.6 Å². The summed E-state index contributed by atoms with van der Waals surface area (Å²) in [5.41, 5.74) is 2.13. The summed E-state index contributed by atoms with van der Waals surface area (Å²) in [7, 11) is 0. The molecule has 0 aliphatic carbocycles. The summed E-state index contributed by atoms with van der Waals surface area (Å²) >= 11 is 6.44. The van der Waals surface area contributed by atoms with E-state index in [1.165, 1.54) is 10.5 Å². The third kappa shape index (κ3) is 5.42. The minimum Gasteiger partial charge on any atom is -0.481 e. The van der Waals surface area contributed by atoms with Gasteiger partial charge in [-0.3, -0.25) is 19.3 Å². The molecule has 2 N–H and O–H groups in total. The summed E-state index contributed by atoms with van der Waals surface area (Å²) in [5, 5.41) is 11.2. The maximum Gasteiger partial charge on any atom is 0.305 e. The highest BCUT2D eigenvalue weighted by atomic mass is 32.2. The first-order valence-corrected chi connectivity index (χ1v) is 10.1. The quantitative estimate of drug-likeness (QED) is 0.543. The van der Waals surface area contributed by atoms with Gasteiger partial charge in [0.15, 0.2) is 0 Å². The van der Waals surface area contributed by atoms with Gasteiger partial charge >= 0.3 is 5.97 Å². The van der Waals surface area contributed by atoms with Gasteiger partial charge in [-0.15, -0.1) is 0 Å². The van der Waals surface area contributed by atoms with E-state index in [1.807, 2.05) is 24.3 Å². The lowest BCUT2D eigenvalue weighted by Gasteiger charge is -2.22. The highest BCUT2D eigenvalue weighted by molar-refractivity contribution is 8.26. The smallest absolute Gasteiger partial charge is 0.305 e. The molecule has 1 aromatic carbocycles. The number of carboxylic acid groups (broad SMARTS) is 1. The van der Waals surface area contributed by atoms with Crippen molar-refractivity contribution >= 4 is 52.2 Å². The van der Waals surface area contributed by atoms with Crippen LogP contribution in [0.1, 0.15) is 45.2 Å². The Morgan fingerprint density at radius 2 is 1.89 bits per heavy atom. The standard InChI is InChI=1S/C20H24N2O4S2/c1-12(17(25)21-10-9-16(23)24)22-18(26)15(28-19(22)27)11-13-5-7-14(8-6-13)20(2,3)4/h5-8,11-12H,9-10H2,1-4H3,(H,21,25)(H,23,24)/b15-11-. The average molecular weight is 421 g/mol. The van der Waals surface area contributed by atoms with Gasteiger partial charge < -0.3 is 10.4 Å². The van der Waals surface area contributed by atoms with Crippen LogP contribution in [0, 0.1) is 0 Å². The average Bonchev–Trinajstić information content (AvgIpc) is 2.87. The number of thioether (sulfide) groups is 1. The van der Waals surface area contributed by atoms with Gasteiger partial charge in [0, 0.05) is 6.54 Å². The SMILES string of the molecule is CC(C(=O)NCCC(=O)O)N1C(=O)/C(=C/c2ccc(C(C)(C)C)cc2)SC1=S. The fourth-order valence-electron chi connectivity index (χ4n) is 2.60. The van der Waals surface area contributed by atoms with Gasteiger partial charge in [-0.2, -0.15) is 0 Å². The summed E-state index contributed by atoms with van der Waals surface area (Å²) in [6.07, 6.45) is 1.59. The molecule has 0 spiro atoms. The van der Waals surface area contributed by atoms with E-state index < -0.39 is 17.9 Å². The molecule has 0 radical (unpaired) electrons. The lowest BCUT2D eigenvalue weighted by atomic mass is 9.87. The van der Waals surface area contributed by atoms with Crippen LogP contribution in [0.15, 0.2) is 29.2 Å². The molecule has 28 heavy (non-hydrogen) atoms. The number of hydrogen-bond acceptors (Lipinski definition) is 5. The summed E-state index contributed by atoms with van der Waals surface area (Å²) in [4.78, 5) is 37.2. The molecule has 1 atom stereocenters. The minimum atomic E-state index is -1.00. The number of hydrogen-bond donors (Lipinski definition) is 2. The number of carbonyl (C=O) groups excluding carboxylic acids is 2. The number of benzene rings is 1. The van der Waals surface area contributed by atoms with Crippen molar-refractivity contribution in [2.24, 2.45) is 0 Å². The number of aliphatic carboxylic acids is 1. The van der Waals surface area contributed by atoms with E-state index in [4.69, 9.17) is 17.3 Å². The number of carboxylic acids is 1. The van der Waals surface area contributed by atoms with E-state index in [2.05, 4.69) is 26.1 Å². The Morgan fingerprint density at radius 1 is 1.29 bits per heavy atom. The van der Waals surface area contributed by atoms with Crippen molar-refractivity contribution in [3.63, 3.8) is 0 Å². The molecule has 1 heterocycles. The Kier molecular flexibility index (Phi) is 7.01. The molecule has 1 aromatic rings. The van der Waals surface area contributed by atoms with Gasteiger partial charge in [0.25, 0.3) is 5.91 Å². The molecule has 2 rings (SSSR count). The van der Waals surface area contributed by atoms with Gasteiger partial charge in [0.2, 0.25) is 5.91 Å². The summed E-state index contributed by atoms with van der Waals surface area (Å²) in [5.74, 6) is -1.76. The van der Waals surface area contributed by atoms with Crippen molar-refractivity contribution in [2.75, 3.05) is 6.54 Å². The van der Waals surface area contributed by atoms with E-state index in [0.717, 1.165) is 17.3 Å². The Hall–Kier alpha value is -2.19. The van der Waals surface area contributed by atoms with E-state index in [0.29, 0.717) is 9.23 Å². The van der Waals surface area contributed by atoms with Gasteiger partial charge in [-0.25, -0.2) is 0 Å². The molecule has 2 amide bonds. The van der Waals surface area contributed by atoms with Crippen LogP contribution in [0.2, 0.25) is 0 Å².